The quantitative estimate of drug-likeness (QED) is 0.440. The molecule has 9 nitrogen and oxygen atoms in total. The minimum Gasteiger partial charge on any atom is -0.372 e. The molecule has 0 aromatic carbocycles. The largest absolute Gasteiger partial charge is 0.372 e. The second kappa shape index (κ2) is 11.1. The number of nitrogens with one attached hydrogen (secondary N) is 3. The van der Waals surface area contributed by atoms with Crippen molar-refractivity contribution in [2.75, 3.05) is 11.9 Å². The van der Waals surface area contributed by atoms with Gasteiger partial charge in [-0.1, -0.05) is 12.8 Å². The molecule has 5 aliphatic rings. The van der Waals surface area contributed by atoms with Crippen molar-refractivity contribution < 1.29 is 23.2 Å². The number of carbonyl (C=O) groups is 3. The molecule has 39 heavy (non-hydrogen) atoms. The van der Waals surface area contributed by atoms with Gasteiger partial charge < -0.3 is 20.9 Å². The molecule has 5 fully saturated rings. The second-order valence-electron chi connectivity index (χ2n) is 11.7. The first-order chi connectivity index (χ1) is 18.7. The van der Waals surface area contributed by atoms with Crippen LogP contribution in [0.5, 0.6) is 0 Å². The molecule has 3 aliphatic heterocycles. The highest BCUT2D eigenvalue weighted by Gasteiger charge is 2.61. The molecular weight excluding hydrogens is 506 g/mol. The van der Waals surface area contributed by atoms with Gasteiger partial charge in [0.15, 0.2) is 0 Å². The molecule has 11 heteroatoms. The second-order valence-corrected chi connectivity index (χ2v) is 11.7. The summed E-state index contributed by atoms with van der Waals surface area (Å²) in [5.74, 6) is -5.77. The van der Waals surface area contributed by atoms with Crippen molar-refractivity contribution in [1.82, 2.24) is 20.5 Å². The van der Waals surface area contributed by atoms with Crippen molar-refractivity contribution in [2.45, 2.75) is 94.8 Å². The number of carbonyl (C=O) groups excluding carboxylic acids is 3. The summed E-state index contributed by atoms with van der Waals surface area (Å²) in [7, 11) is 0. The van der Waals surface area contributed by atoms with E-state index in [1.165, 1.54) is 4.90 Å². The SMILES string of the molecule is Cc1cncc(N[C@H](CC2CC2)C(=O)N2[C@@H]3CC[C@H]([C@H]2C(=O)N[C@H](C#N)C[C@@H]2CCCNC2=O)C(F)(F)C3)c1. The number of nitriles is 1. The zero-order valence-electron chi connectivity index (χ0n) is 22.2. The Bertz CT molecular complexity index is 1150. The van der Waals surface area contributed by atoms with Crippen molar-refractivity contribution in [2.24, 2.45) is 17.8 Å². The molecule has 6 atom stereocenters. The van der Waals surface area contributed by atoms with Gasteiger partial charge in [0.05, 0.1) is 17.7 Å². The lowest BCUT2D eigenvalue weighted by Gasteiger charge is -2.54. The highest BCUT2D eigenvalue weighted by Crippen LogP contribution is 2.49. The van der Waals surface area contributed by atoms with Gasteiger partial charge in [0, 0.05) is 37.3 Å². The van der Waals surface area contributed by atoms with Crippen molar-refractivity contribution in [1.29, 1.82) is 5.26 Å². The monoisotopic (exact) mass is 542 g/mol. The van der Waals surface area contributed by atoms with E-state index in [1.807, 2.05) is 19.1 Å². The van der Waals surface area contributed by atoms with Crippen LogP contribution in [0.2, 0.25) is 0 Å². The molecule has 0 unspecified atom stereocenters. The zero-order chi connectivity index (χ0) is 27.7. The van der Waals surface area contributed by atoms with Gasteiger partial charge >= 0.3 is 0 Å². The molecule has 2 saturated carbocycles. The Labute approximate surface area is 227 Å². The summed E-state index contributed by atoms with van der Waals surface area (Å²) in [4.78, 5) is 45.5. The Kier molecular flexibility index (Phi) is 7.74. The fourth-order valence-corrected chi connectivity index (χ4v) is 6.49. The molecule has 4 heterocycles. The Hall–Kier alpha value is -3.29. The molecule has 2 bridgehead atoms. The van der Waals surface area contributed by atoms with Gasteiger partial charge in [-0.05, 0) is 63.0 Å². The van der Waals surface area contributed by atoms with Crippen molar-refractivity contribution in [3.63, 3.8) is 0 Å². The Morgan fingerprint density at radius 2 is 2.03 bits per heavy atom. The fourth-order valence-electron chi connectivity index (χ4n) is 6.49. The summed E-state index contributed by atoms with van der Waals surface area (Å²) < 4.78 is 30.3. The van der Waals surface area contributed by atoms with Gasteiger partial charge in [0.25, 0.3) is 5.92 Å². The van der Waals surface area contributed by atoms with E-state index in [-0.39, 0.29) is 24.7 Å². The number of amides is 3. The summed E-state index contributed by atoms with van der Waals surface area (Å²) in [5.41, 5.74) is 1.58. The maximum atomic E-state index is 15.1. The van der Waals surface area contributed by atoms with Crippen LogP contribution in [-0.2, 0) is 14.4 Å². The summed E-state index contributed by atoms with van der Waals surface area (Å²) in [6.07, 6.45) is 7.42. The summed E-state index contributed by atoms with van der Waals surface area (Å²) in [5, 5.41) is 18.4. The number of aromatic nitrogens is 1. The lowest BCUT2D eigenvalue weighted by Crippen LogP contribution is -2.70. The minimum atomic E-state index is -3.09. The Morgan fingerprint density at radius 3 is 2.69 bits per heavy atom. The number of hydrogen-bond donors (Lipinski definition) is 3. The topological polar surface area (TPSA) is 127 Å². The van der Waals surface area contributed by atoms with Gasteiger partial charge in [-0.3, -0.25) is 19.4 Å². The first-order valence-corrected chi connectivity index (χ1v) is 14.0. The van der Waals surface area contributed by atoms with E-state index >= 15 is 8.78 Å². The Balaban J connectivity index is 1.38. The molecule has 3 N–H and O–H groups in total. The highest BCUT2D eigenvalue weighted by atomic mass is 19.3. The standard InChI is InChI=1S/C28H36F2N6O3/c1-16-9-20(15-32-14-16)34-23(10-17-4-5-17)27(39)36-21-6-7-22(28(29,30)12-21)24(36)26(38)35-19(13-31)11-18-3-2-8-33-25(18)37/h9,14-15,17-19,21-24,34H,2-8,10-12H2,1H3,(H,33,37)(H,35,38)/t18-,19-,21+,22+,23+,24-/m0/s1. The minimum absolute atomic E-state index is 0.103. The van der Waals surface area contributed by atoms with Crippen LogP contribution >= 0.6 is 0 Å². The third kappa shape index (κ3) is 5.99. The number of anilines is 1. The third-order valence-electron chi connectivity index (χ3n) is 8.63. The molecule has 1 aromatic heterocycles. The van der Waals surface area contributed by atoms with Gasteiger partial charge in [-0.2, -0.15) is 5.26 Å². The van der Waals surface area contributed by atoms with Crippen LogP contribution in [0.1, 0.15) is 63.4 Å². The highest BCUT2D eigenvalue weighted by molar-refractivity contribution is 5.92. The average molecular weight is 543 g/mol. The maximum Gasteiger partial charge on any atom is 0.255 e. The maximum absolute atomic E-state index is 15.1. The van der Waals surface area contributed by atoms with Crippen LogP contribution in [0.4, 0.5) is 14.5 Å². The van der Waals surface area contributed by atoms with Crippen LogP contribution in [0.25, 0.3) is 0 Å². The molecule has 210 valence electrons. The van der Waals surface area contributed by atoms with Crippen molar-refractivity contribution in [3.8, 4) is 6.07 Å². The van der Waals surface area contributed by atoms with E-state index < -0.39 is 54.3 Å². The number of rotatable bonds is 9. The number of piperidine rings is 3. The number of halogens is 2. The van der Waals surface area contributed by atoms with Crippen LogP contribution in [-0.4, -0.2) is 64.2 Å². The number of fused-ring (bicyclic) bond motifs is 3. The number of alkyl halides is 2. The lowest BCUT2D eigenvalue weighted by atomic mass is 9.71. The average Bonchev–Trinajstić information content (AvgIpc) is 3.72. The molecular formula is C28H36F2N6O3. The van der Waals surface area contributed by atoms with E-state index in [1.54, 1.807) is 12.4 Å². The molecule has 6 rings (SSSR count). The number of nitrogens with zero attached hydrogens (tertiary/aromatic N) is 3. The molecule has 2 aliphatic carbocycles. The van der Waals surface area contributed by atoms with E-state index in [4.69, 9.17) is 0 Å². The normalized spacial score (nSPS) is 29.1. The van der Waals surface area contributed by atoms with Crippen molar-refractivity contribution in [3.05, 3.63) is 24.0 Å². The number of hydrogen-bond acceptors (Lipinski definition) is 6. The number of pyridine rings is 1. The molecule has 0 radical (unpaired) electrons. The van der Waals surface area contributed by atoms with Crippen molar-refractivity contribution >= 4 is 23.4 Å². The predicted octanol–water partition coefficient (Wildman–Crippen LogP) is 2.91. The molecule has 0 spiro atoms. The van der Waals surface area contributed by atoms with Gasteiger partial charge in [-0.15, -0.1) is 0 Å². The van der Waals surface area contributed by atoms with E-state index in [0.29, 0.717) is 37.4 Å². The van der Waals surface area contributed by atoms with Crippen LogP contribution in [0.3, 0.4) is 0 Å². The van der Waals surface area contributed by atoms with Gasteiger partial charge in [-0.25, -0.2) is 8.78 Å². The lowest BCUT2D eigenvalue weighted by molar-refractivity contribution is -0.194. The summed E-state index contributed by atoms with van der Waals surface area (Å²) >= 11 is 0. The smallest absolute Gasteiger partial charge is 0.255 e. The van der Waals surface area contributed by atoms with Crippen LogP contribution in [0, 0.1) is 36.0 Å². The number of aryl methyl sites for hydroxylation is 1. The van der Waals surface area contributed by atoms with E-state index in [0.717, 1.165) is 24.8 Å². The van der Waals surface area contributed by atoms with E-state index in [9.17, 15) is 19.6 Å². The predicted molar refractivity (Wildman–Crippen MR) is 138 cm³/mol. The first kappa shape index (κ1) is 27.3. The summed E-state index contributed by atoms with van der Waals surface area (Å²) in [6, 6.07) is 0.0543. The van der Waals surface area contributed by atoms with Crippen LogP contribution < -0.4 is 16.0 Å². The molecule has 1 aromatic rings. The van der Waals surface area contributed by atoms with Crippen LogP contribution in [0.15, 0.2) is 18.5 Å². The Morgan fingerprint density at radius 1 is 1.23 bits per heavy atom. The van der Waals surface area contributed by atoms with Gasteiger partial charge in [0.1, 0.15) is 18.1 Å². The molecule has 3 saturated heterocycles. The first-order valence-electron chi connectivity index (χ1n) is 14.0. The summed E-state index contributed by atoms with van der Waals surface area (Å²) in [6.45, 7) is 2.47. The van der Waals surface area contributed by atoms with E-state index in [2.05, 4.69) is 20.9 Å². The van der Waals surface area contributed by atoms with Gasteiger partial charge in [0.2, 0.25) is 17.7 Å². The third-order valence-corrected chi connectivity index (χ3v) is 8.63. The molecule has 3 amide bonds. The fraction of sp³-hybridized carbons (Fsp3) is 0.679. The zero-order valence-corrected chi connectivity index (χ0v) is 22.2.